The van der Waals surface area contributed by atoms with Gasteiger partial charge in [0, 0.05) is 12.6 Å². The SMILES string of the molecule is CCc1ccc(C(=O)COc2ccc(CC3(C(=O)OCc4ccccc4)SC(=O)NC3=O)cc2)nc1. The summed E-state index contributed by atoms with van der Waals surface area (Å²) >= 11 is 0.621. The summed E-state index contributed by atoms with van der Waals surface area (Å²) in [6.45, 7) is 1.82. The smallest absolute Gasteiger partial charge is 0.333 e. The Hall–Kier alpha value is -3.98. The number of esters is 1. The first-order chi connectivity index (χ1) is 17.4. The van der Waals surface area contributed by atoms with Gasteiger partial charge in [0.15, 0.2) is 6.61 Å². The zero-order chi connectivity index (χ0) is 25.5. The number of hydrogen-bond donors (Lipinski definition) is 1. The average Bonchev–Trinajstić information content (AvgIpc) is 3.20. The van der Waals surface area contributed by atoms with Gasteiger partial charge in [-0.3, -0.25) is 24.7 Å². The highest BCUT2D eigenvalue weighted by Crippen LogP contribution is 2.37. The molecule has 2 aromatic carbocycles. The minimum absolute atomic E-state index is 0.0136. The fourth-order valence-electron chi connectivity index (χ4n) is 3.60. The van der Waals surface area contributed by atoms with E-state index in [1.54, 1.807) is 48.7 Å². The highest BCUT2D eigenvalue weighted by atomic mass is 32.2. The summed E-state index contributed by atoms with van der Waals surface area (Å²) in [5.74, 6) is -1.30. The first-order valence-corrected chi connectivity index (χ1v) is 12.2. The minimum Gasteiger partial charge on any atom is -0.485 e. The van der Waals surface area contributed by atoms with Gasteiger partial charge in [-0.25, -0.2) is 4.79 Å². The molecule has 0 radical (unpaired) electrons. The Morgan fingerprint density at radius 1 is 0.944 bits per heavy atom. The van der Waals surface area contributed by atoms with Crippen molar-refractivity contribution in [2.24, 2.45) is 0 Å². The third-order valence-electron chi connectivity index (χ3n) is 5.66. The fraction of sp³-hybridized carbons (Fsp3) is 0.222. The maximum Gasteiger partial charge on any atom is 0.333 e. The van der Waals surface area contributed by atoms with Crippen LogP contribution < -0.4 is 10.1 Å². The van der Waals surface area contributed by atoms with Crippen LogP contribution in [0.15, 0.2) is 72.9 Å². The van der Waals surface area contributed by atoms with Crippen molar-refractivity contribution in [3.05, 3.63) is 95.3 Å². The Balaban J connectivity index is 1.40. The summed E-state index contributed by atoms with van der Waals surface area (Å²) in [6, 6.07) is 19.2. The van der Waals surface area contributed by atoms with E-state index >= 15 is 0 Å². The summed E-state index contributed by atoms with van der Waals surface area (Å²) in [4.78, 5) is 54.1. The maximum atomic E-state index is 13.0. The van der Waals surface area contributed by atoms with Crippen molar-refractivity contribution in [2.75, 3.05) is 6.61 Å². The lowest BCUT2D eigenvalue weighted by molar-refractivity contribution is -0.150. The van der Waals surface area contributed by atoms with Crippen LogP contribution in [-0.2, 0) is 33.8 Å². The second-order valence-corrected chi connectivity index (χ2v) is 9.44. The van der Waals surface area contributed by atoms with Crippen LogP contribution in [0.4, 0.5) is 4.79 Å². The fourth-order valence-corrected chi connectivity index (χ4v) is 4.58. The number of ketones is 1. The van der Waals surface area contributed by atoms with Crippen LogP contribution in [0.25, 0.3) is 0 Å². The Morgan fingerprint density at radius 2 is 1.67 bits per heavy atom. The van der Waals surface area contributed by atoms with Crippen LogP contribution in [0.2, 0.25) is 0 Å². The molecule has 1 atom stereocenters. The normalized spacial score (nSPS) is 16.9. The number of ether oxygens (including phenoxy) is 2. The molecule has 0 aliphatic carbocycles. The van der Waals surface area contributed by atoms with Crippen molar-refractivity contribution in [1.82, 2.24) is 10.3 Å². The number of pyridine rings is 1. The Labute approximate surface area is 212 Å². The van der Waals surface area contributed by atoms with Gasteiger partial charge < -0.3 is 9.47 Å². The van der Waals surface area contributed by atoms with E-state index in [0.717, 1.165) is 17.5 Å². The van der Waals surface area contributed by atoms with E-state index in [2.05, 4.69) is 10.3 Å². The molecule has 1 fully saturated rings. The van der Waals surface area contributed by atoms with Crippen LogP contribution in [0.3, 0.4) is 0 Å². The van der Waals surface area contributed by atoms with Gasteiger partial charge in [0.2, 0.25) is 10.5 Å². The number of Topliss-reactive ketones (excluding diaryl/α,β-unsaturated/α-hetero) is 1. The van der Waals surface area contributed by atoms with Gasteiger partial charge in [0.1, 0.15) is 18.1 Å². The van der Waals surface area contributed by atoms with E-state index in [-0.39, 0.29) is 25.4 Å². The highest BCUT2D eigenvalue weighted by Gasteiger charge is 2.55. The van der Waals surface area contributed by atoms with E-state index < -0.39 is 21.9 Å². The van der Waals surface area contributed by atoms with Crippen LogP contribution in [0, 0.1) is 0 Å². The zero-order valence-electron chi connectivity index (χ0n) is 19.6. The van der Waals surface area contributed by atoms with Crippen LogP contribution in [0.5, 0.6) is 5.75 Å². The van der Waals surface area contributed by atoms with Crippen molar-refractivity contribution >= 4 is 34.7 Å². The van der Waals surface area contributed by atoms with Gasteiger partial charge in [-0.15, -0.1) is 0 Å². The third kappa shape index (κ3) is 5.80. The molecule has 1 aromatic heterocycles. The van der Waals surface area contributed by atoms with Gasteiger partial charge in [-0.1, -0.05) is 55.5 Å². The lowest BCUT2D eigenvalue weighted by Gasteiger charge is -2.22. The summed E-state index contributed by atoms with van der Waals surface area (Å²) in [7, 11) is 0. The number of carbonyl (C=O) groups excluding carboxylic acids is 4. The quantitative estimate of drug-likeness (QED) is 0.251. The van der Waals surface area contributed by atoms with Gasteiger partial charge in [-0.2, -0.15) is 0 Å². The molecule has 0 bridgehead atoms. The molecule has 2 amide bonds. The van der Waals surface area contributed by atoms with Gasteiger partial charge in [0.05, 0.1) is 0 Å². The number of nitrogens with one attached hydrogen (secondary N) is 1. The minimum atomic E-state index is -1.72. The molecular formula is C27H24N2O6S. The molecule has 3 aromatic rings. The molecule has 1 unspecified atom stereocenters. The predicted octanol–water partition coefficient (Wildman–Crippen LogP) is 3.91. The number of amides is 2. The van der Waals surface area contributed by atoms with Crippen LogP contribution >= 0.6 is 11.8 Å². The lowest BCUT2D eigenvalue weighted by Crippen LogP contribution is -2.46. The molecule has 9 heteroatoms. The molecule has 1 aliphatic heterocycles. The monoisotopic (exact) mass is 504 g/mol. The molecule has 1 saturated heterocycles. The second kappa shape index (κ2) is 11.2. The van der Waals surface area contributed by atoms with Gasteiger partial charge >= 0.3 is 5.97 Å². The zero-order valence-corrected chi connectivity index (χ0v) is 20.4. The number of rotatable bonds is 10. The number of nitrogens with zero attached hydrogens (tertiary/aromatic N) is 1. The Bertz CT molecular complexity index is 1260. The summed E-state index contributed by atoms with van der Waals surface area (Å²) in [5, 5.41) is 1.59. The van der Waals surface area contributed by atoms with Crippen molar-refractivity contribution in [1.29, 1.82) is 0 Å². The number of carbonyl (C=O) groups is 4. The van der Waals surface area contributed by atoms with Crippen molar-refractivity contribution in [3.63, 3.8) is 0 Å². The van der Waals surface area contributed by atoms with Crippen LogP contribution in [-0.4, -0.2) is 39.2 Å². The van der Waals surface area contributed by atoms with Crippen LogP contribution in [0.1, 0.15) is 34.1 Å². The Morgan fingerprint density at radius 3 is 2.28 bits per heavy atom. The first-order valence-electron chi connectivity index (χ1n) is 11.3. The summed E-state index contributed by atoms with van der Waals surface area (Å²) in [5.41, 5.74) is 2.76. The molecular weight excluding hydrogens is 480 g/mol. The highest BCUT2D eigenvalue weighted by molar-refractivity contribution is 8.16. The van der Waals surface area contributed by atoms with Crippen molar-refractivity contribution in [3.8, 4) is 5.75 Å². The third-order valence-corrected chi connectivity index (χ3v) is 6.79. The molecule has 8 nitrogen and oxygen atoms in total. The number of benzene rings is 2. The molecule has 1 aliphatic rings. The molecule has 36 heavy (non-hydrogen) atoms. The number of hydrogen-bond acceptors (Lipinski definition) is 8. The molecule has 184 valence electrons. The largest absolute Gasteiger partial charge is 0.485 e. The Kier molecular flexibility index (Phi) is 7.80. The van der Waals surface area contributed by atoms with Crippen molar-refractivity contribution < 1.29 is 28.7 Å². The summed E-state index contributed by atoms with van der Waals surface area (Å²) < 4.78 is 9.27. The number of aromatic nitrogens is 1. The first kappa shape index (κ1) is 25.1. The van der Waals surface area contributed by atoms with Gasteiger partial charge in [-0.05, 0) is 53.1 Å². The average molecular weight is 505 g/mol. The van der Waals surface area contributed by atoms with E-state index in [1.165, 1.54) is 0 Å². The second-order valence-electron chi connectivity index (χ2n) is 8.17. The van der Waals surface area contributed by atoms with Crippen molar-refractivity contribution in [2.45, 2.75) is 31.1 Å². The van der Waals surface area contributed by atoms with E-state index in [4.69, 9.17) is 9.47 Å². The number of aryl methyl sites for hydroxylation is 1. The standard InChI is InChI=1S/C27H24N2O6S/c1-2-18-10-13-22(28-15-18)23(30)17-34-21-11-8-19(9-12-21)14-27(24(31)29-26(33)36-27)25(32)35-16-20-6-4-3-5-7-20/h3-13,15H,2,14,16-17H2,1H3,(H,29,31,33). The topological polar surface area (TPSA) is 112 Å². The molecule has 4 rings (SSSR count). The predicted molar refractivity (Wildman–Crippen MR) is 134 cm³/mol. The van der Waals surface area contributed by atoms with E-state index in [9.17, 15) is 19.2 Å². The molecule has 0 spiro atoms. The lowest BCUT2D eigenvalue weighted by atomic mass is 9.97. The number of thioether (sulfide) groups is 1. The molecule has 2 heterocycles. The van der Waals surface area contributed by atoms with E-state index in [0.29, 0.717) is 28.8 Å². The van der Waals surface area contributed by atoms with Gasteiger partial charge in [0.25, 0.3) is 11.1 Å². The maximum absolute atomic E-state index is 13.0. The summed E-state index contributed by atoms with van der Waals surface area (Å²) in [6.07, 6.45) is 2.46. The number of imide groups is 1. The molecule has 0 saturated carbocycles. The van der Waals surface area contributed by atoms with E-state index in [1.807, 2.05) is 31.2 Å². The molecule has 1 N–H and O–H groups in total.